The Bertz CT molecular complexity index is 1400. The van der Waals surface area contributed by atoms with Gasteiger partial charge in [0.25, 0.3) is 0 Å². The first kappa shape index (κ1) is 24.6. The number of ketones is 1. The van der Waals surface area contributed by atoms with E-state index in [1.54, 1.807) is 25.3 Å². The molecule has 8 atom stereocenters. The van der Waals surface area contributed by atoms with Gasteiger partial charge in [0.15, 0.2) is 17.5 Å². The van der Waals surface area contributed by atoms with Gasteiger partial charge in [-0.25, -0.2) is 4.79 Å². The fourth-order valence-corrected chi connectivity index (χ4v) is 8.27. The van der Waals surface area contributed by atoms with E-state index in [-0.39, 0.29) is 34.5 Å². The van der Waals surface area contributed by atoms with E-state index in [0.29, 0.717) is 17.6 Å². The molecule has 0 radical (unpaired) electrons. The molecule has 1 heterocycles. The van der Waals surface area contributed by atoms with Gasteiger partial charge >= 0.3 is 5.97 Å². The first-order valence-electron chi connectivity index (χ1n) is 13.1. The van der Waals surface area contributed by atoms with Crippen molar-refractivity contribution in [1.29, 1.82) is 0 Å². The quantitative estimate of drug-likeness (QED) is 0.437. The Morgan fingerprint density at radius 1 is 1.24 bits per heavy atom. The molecule has 0 amide bonds. The van der Waals surface area contributed by atoms with Gasteiger partial charge in [-0.2, -0.15) is 0 Å². The molecule has 6 rings (SSSR count). The van der Waals surface area contributed by atoms with Crippen LogP contribution in [-0.2, 0) is 16.6 Å². The molecule has 2 bridgehead atoms. The third kappa shape index (κ3) is 2.88. The Labute approximate surface area is 216 Å². The van der Waals surface area contributed by atoms with Crippen LogP contribution in [0.5, 0.6) is 0 Å². The van der Waals surface area contributed by atoms with Gasteiger partial charge in [-0.1, -0.05) is 51.1 Å². The van der Waals surface area contributed by atoms with E-state index < -0.39 is 41.7 Å². The van der Waals surface area contributed by atoms with Crippen molar-refractivity contribution in [1.82, 2.24) is 4.57 Å². The van der Waals surface area contributed by atoms with Gasteiger partial charge in [-0.05, 0) is 53.7 Å². The normalized spacial score (nSPS) is 39.7. The first-order valence-corrected chi connectivity index (χ1v) is 13.1. The van der Waals surface area contributed by atoms with Gasteiger partial charge in [0.2, 0.25) is 0 Å². The largest absolute Gasteiger partial charge is 0.451 e. The first-order chi connectivity index (χ1) is 17.4. The summed E-state index contributed by atoms with van der Waals surface area (Å²) >= 11 is 0. The zero-order valence-corrected chi connectivity index (χ0v) is 21.9. The third-order valence-electron chi connectivity index (χ3n) is 10.2. The van der Waals surface area contributed by atoms with Crippen molar-refractivity contribution in [2.45, 2.75) is 51.9 Å². The van der Waals surface area contributed by atoms with Gasteiger partial charge in [0, 0.05) is 30.1 Å². The smallest absolute Gasteiger partial charge is 0.341 e. The molecular formula is C30H35NO6. The number of rotatable bonds is 3. The van der Waals surface area contributed by atoms with Crippen LogP contribution in [0.15, 0.2) is 53.8 Å². The third-order valence-corrected chi connectivity index (χ3v) is 10.2. The zero-order valence-electron chi connectivity index (χ0n) is 21.9. The van der Waals surface area contributed by atoms with Gasteiger partial charge in [0.1, 0.15) is 6.10 Å². The van der Waals surface area contributed by atoms with Crippen molar-refractivity contribution in [3.8, 4) is 0 Å². The van der Waals surface area contributed by atoms with Crippen LogP contribution in [0.4, 0.5) is 0 Å². The van der Waals surface area contributed by atoms with Crippen LogP contribution in [0.2, 0.25) is 0 Å². The lowest BCUT2D eigenvalue weighted by Gasteiger charge is -2.48. The van der Waals surface area contributed by atoms with Crippen LogP contribution in [0.25, 0.3) is 10.9 Å². The van der Waals surface area contributed by atoms with Crippen molar-refractivity contribution in [2.75, 3.05) is 6.61 Å². The summed E-state index contributed by atoms with van der Waals surface area (Å²) in [5.41, 5.74) is -1.69. The molecule has 2 fully saturated rings. The SMILES string of the molecule is CC1=C[C@]23C(=O)[C@@H](C=C(CO)[C@@H](O)[C@]2(O)[C@H]1OC(=O)c1cn(C)c2ccccc12)C1[C@@H](C[C@H]3C)C1(C)C. The Morgan fingerprint density at radius 2 is 1.95 bits per heavy atom. The lowest BCUT2D eigenvalue weighted by Crippen LogP contribution is -2.65. The number of carbonyl (C=O) groups excluding carboxylic acids is 2. The number of esters is 1. The second-order valence-corrected chi connectivity index (χ2v) is 12.3. The summed E-state index contributed by atoms with van der Waals surface area (Å²) < 4.78 is 7.87. The standard InChI is InChI=1S/C30H35NO6/c1-15-12-29-16(2)10-21-23(28(21,3)4)19(25(29)34)11-17(14-32)24(33)30(29,36)26(15)37-27(35)20-13-31(5)22-9-7-6-8-18(20)22/h6-9,11-13,16,19,21,23-24,26,32-33,36H,10,14H2,1-5H3/t16-,19+,21-,23?,24-,26+,29+,30+/m1/s1. The minimum Gasteiger partial charge on any atom is -0.451 e. The number of aromatic nitrogens is 1. The fourth-order valence-electron chi connectivity index (χ4n) is 8.27. The second kappa shape index (κ2) is 7.65. The highest BCUT2D eigenvalue weighted by atomic mass is 16.6. The summed E-state index contributed by atoms with van der Waals surface area (Å²) in [5, 5.41) is 35.2. The molecule has 3 N–H and O–H groups in total. The molecule has 4 aliphatic rings. The molecule has 1 spiro atoms. The molecule has 1 aromatic carbocycles. The maximum absolute atomic E-state index is 14.4. The van der Waals surface area contributed by atoms with E-state index in [2.05, 4.69) is 13.8 Å². The van der Waals surface area contributed by atoms with E-state index in [0.717, 1.165) is 10.9 Å². The van der Waals surface area contributed by atoms with E-state index in [4.69, 9.17) is 4.74 Å². The summed E-state index contributed by atoms with van der Waals surface area (Å²) in [4.78, 5) is 28.0. The number of carbonyl (C=O) groups is 2. The maximum atomic E-state index is 14.4. The van der Waals surface area contributed by atoms with Crippen LogP contribution in [0.1, 0.15) is 44.5 Å². The molecule has 196 valence electrons. The van der Waals surface area contributed by atoms with Gasteiger partial charge < -0.3 is 24.6 Å². The molecular weight excluding hydrogens is 470 g/mol. The average Bonchev–Trinajstić information content (AvgIpc) is 3.15. The lowest BCUT2D eigenvalue weighted by atomic mass is 9.59. The van der Waals surface area contributed by atoms with Crippen molar-refractivity contribution in [2.24, 2.45) is 41.5 Å². The van der Waals surface area contributed by atoms with E-state index >= 15 is 0 Å². The number of aliphatic hydroxyl groups excluding tert-OH is 2. The van der Waals surface area contributed by atoms with Gasteiger partial charge in [-0.3, -0.25) is 4.79 Å². The van der Waals surface area contributed by atoms with Crippen LogP contribution >= 0.6 is 0 Å². The molecule has 0 aliphatic heterocycles. The summed E-state index contributed by atoms with van der Waals surface area (Å²) in [6.07, 6.45) is 3.01. The summed E-state index contributed by atoms with van der Waals surface area (Å²) in [5.74, 6) is -1.28. The van der Waals surface area contributed by atoms with E-state index in [1.807, 2.05) is 42.8 Å². The lowest BCUT2D eigenvalue weighted by molar-refractivity contribution is -0.190. The second-order valence-electron chi connectivity index (χ2n) is 12.3. The minimum atomic E-state index is -2.14. The maximum Gasteiger partial charge on any atom is 0.341 e. The van der Waals surface area contributed by atoms with Crippen LogP contribution in [0, 0.1) is 34.5 Å². The molecule has 1 unspecified atom stereocenters. The van der Waals surface area contributed by atoms with Gasteiger partial charge in [0.05, 0.1) is 17.6 Å². The number of nitrogens with zero attached hydrogens (tertiary/aromatic N) is 1. The predicted molar refractivity (Wildman–Crippen MR) is 137 cm³/mol. The van der Waals surface area contributed by atoms with Gasteiger partial charge in [-0.15, -0.1) is 0 Å². The molecule has 1 aromatic heterocycles. The number of hydrogen-bond donors (Lipinski definition) is 3. The highest BCUT2D eigenvalue weighted by molar-refractivity contribution is 6.04. The minimum absolute atomic E-state index is 0.0434. The monoisotopic (exact) mass is 505 g/mol. The zero-order chi connectivity index (χ0) is 26.7. The summed E-state index contributed by atoms with van der Waals surface area (Å²) in [6, 6.07) is 7.47. The molecule has 37 heavy (non-hydrogen) atoms. The number of hydrogen-bond acceptors (Lipinski definition) is 6. The number of ether oxygens (including phenoxy) is 1. The topological polar surface area (TPSA) is 109 Å². The van der Waals surface area contributed by atoms with Crippen molar-refractivity contribution >= 4 is 22.7 Å². The van der Waals surface area contributed by atoms with Crippen LogP contribution < -0.4 is 0 Å². The number of aliphatic hydroxyl groups is 3. The average molecular weight is 506 g/mol. The Morgan fingerprint density at radius 3 is 2.65 bits per heavy atom. The van der Waals surface area contributed by atoms with E-state index in [9.17, 15) is 24.9 Å². The van der Waals surface area contributed by atoms with Crippen molar-refractivity contribution in [3.05, 3.63) is 59.3 Å². The van der Waals surface area contributed by atoms with Crippen molar-refractivity contribution in [3.63, 3.8) is 0 Å². The van der Waals surface area contributed by atoms with Crippen LogP contribution in [0.3, 0.4) is 0 Å². The Kier molecular flexibility index (Phi) is 5.08. The number of fused-ring (bicyclic) bond motifs is 4. The highest BCUT2D eigenvalue weighted by Crippen LogP contribution is 2.71. The number of Topliss-reactive ketones (excluding diaryl/α,β-unsaturated/α-hetero) is 1. The summed E-state index contributed by atoms with van der Waals surface area (Å²) in [6.45, 7) is 7.50. The number of allylic oxidation sites excluding steroid dienone is 1. The van der Waals surface area contributed by atoms with E-state index in [1.165, 1.54) is 0 Å². The molecule has 2 saturated carbocycles. The Hall–Kier alpha value is -2.74. The molecule has 4 aliphatic carbocycles. The number of para-hydroxylation sites is 1. The number of benzene rings is 1. The molecule has 0 saturated heterocycles. The van der Waals surface area contributed by atoms with Crippen LogP contribution in [-0.4, -0.2) is 56.1 Å². The highest BCUT2D eigenvalue weighted by Gasteiger charge is 2.76. The predicted octanol–water partition coefficient (Wildman–Crippen LogP) is 3.17. The van der Waals surface area contributed by atoms with Crippen molar-refractivity contribution < 1.29 is 29.6 Å². The molecule has 7 nitrogen and oxygen atoms in total. The fraction of sp³-hybridized carbons (Fsp3) is 0.533. The Balaban J connectivity index is 1.47. The molecule has 2 aromatic rings. The number of aryl methyl sites for hydroxylation is 1. The summed E-state index contributed by atoms with van der Waals surface area (Å²) in [7, 11) is 1.84. The molecule has 7 heteroatoms.